The Labute approximate surface area is 143 Å². The number of halogens is 1. The Morgan fingerprint density at radius 3 is 2.52 bits per heavy atom. The van der Waals surface area contributed by atoms with Gasteiger partial charge in [0.15, 0.2) is 0 Å². The predicted molar refractivity (Wildman–Crippen MR) is 94.6 cm³/mol. The number of aryl methyl sites for hydroxylation is 3. The highest BCUT2D eigenvalue weighted by Crippen LogP contribution is 2.17. The normalized spacial score (nSPS) is 13.0. The summed E-state index contributed by atoms with van der Waals surface area (Å²) < 4.78 is 1.96. The van der Waals surface area contributed by atoms with E-state index in [-0.39, 0.29) is 18.3 Å². The van der Waals surface area contributed by atoms with Gasteiger partial charge in [-0.05, 0) is 38.8 Å². The van der Waals surface area contributed by atoms with Crippen molar-refractivity contribution < 1.29 is 4.79 Å². The lowest BCUT2D eigenvalue weighted by molar-refractivity contribution is -0.126. The maximum absolute atomic E-state index is 12.3. The summed E-state index contributed by atoms with van der Waals surface area (Å²) in [6.45, 7) is 7.11. The molecule has 0 aliphatic rings. The molecule has 2 aromatic rings. The van der Waals surface area contributed by atoms with E-state index in [1.54, 1.807) is 6.92 Å². The van der Waals surface area contributed by atoms with Crippen molar-refractivity contribution in [1.29, 1.82) is 0 Å². The maximum atomic E-state index is 12.3. The third-order valence-corrected chi connectivity index (χ3v) is 3.78. The SMILES string of the molecule is Cc1cc(C)n(CCCNC(=O)C(C)(N)c2ccccc2)n1.Cl. The Morgan fingerprint density at radius 1 is 1.30 bits per heavy atom. The first kappa shape index (κ1) is 19.2. The molecule has 0 fully saturated rings. The number of nitrogens with one attached hydrogen (secondary N) is 1. The van der Waals surface area contributed by atoms with E-state index < -0.39 is 5.54 Å². The van der Waals surface area contributed by atoms with Crippen LogP contribution in [0.5, 0.6) is 0 Å². The summed E-state index contributed by atoms with van der Waals surface area (Å²) in [5, 5.41) is 7.32. The van der Waals surface area contributed by atoms with Gasteiger partial charge in [0.1, 0.15) is 5.54 Å². The number of nitrogens with two attached hydrogens (primary N) is 1. The second-order valence-electron chi connectivity index (χ2n) is 5.83. The van der Waals surface area contributed by atoms with Gasteiger partial charge in [-0.15, -0.1) is 12.4 Å². The van der Waals surface area contributed by atoms with E-state index in [0.717, 1.165) is 29.9 Å². The topological polar surface area (TPSA) is 72.9 Å². The van der Waals surface area contributed by atoms with Crippen LogP contribution < -0.4 is 11.1 Å². The largest absolute Gasteiger partial charge is 0.354 e. The van der Waals surface area contributed by atoms with Crippen LogP contribution >= 0.6 is 12.4 Å². The molecule has 0 saturated heterocycles. The molecule has 0 radical (unpaired) electrons. The first-order chi connectivity index (χ1) is 10.4. The maximum Gasteiger partial charge on any atom is 0.244 e. The fraction of sp³-hybridized carbons (Fsp3) is 0.412. The highest BCUT2D eigenvalue weighted by Gasteiger charge is 2.29. The molecule has 1 aromatic carbocycles. The first-order valence-corrected chi connectivity index (χ1v) is 7.55. The second-order valence-corrected chi connectivity index (χ2v) is 5.83. The number of rotatable bonds is 6. The minimum absolute atomic E-state index is 0. The van der Waals surface area contributed by atoms with Crippen molar-refractivity contribution in [3.8, 4) is 0 Å². The van der Waals surface area contributed by atoms with Crippen LogP contribution in [0.1, 0.15) is 30.3 Å². The minimum atomic E-state index is -1.01. The Kier molecular flexibility index (Phi) is 6.79. The monoisotopic (exact) mass is 336 g/mol. The van der Waals surface area contributed by atoms with Gasteiger partial charge < -0.3 is 11.1 Å². The Bertz CT molecular complexity index is 637. The fourth-order valence-corrected chi connectivity index (χ4v) is 2.43. The number of benzene rings is 1. The van der Waals surface area contributed by atoms with Crippen LogP contribution in [-0.2, 0) is 16.9 Å². The Hall–Kier alpha value is -1.85. The summed E-state index contributed by atoms with van der Waals surface area (Å²) in [7, 11) is 0. The lowest BCUT2D eigenvalue weighted by Crippen LogP contribution is -2.49. The molecule has 0 aliphatic heterocycles. The molecule has 0 spiro atoms. The Morgan fingerprint density at radius 2 is 1.96 bits per heavy atom. The molecule has 3 N–H and O–H groups in total. The van der Waals surface area contributed by atoms with Crippen LogP contribution in [0.25, 0.3) is 0 Å². The predicted octanol–water partition coefficient (Wildman–Crippen LogP) is 2.30. The van der Waals surface area contributed by atoms with Crippen molar-refractivity contribution in [3.05, 3.63) is 53.3 Å². The molecule has 1 atom stereocenters. The average molecular weight is 337 g/mol. The van der Waals surface area contributed by atoms with Gasteiger partial charge in [0.05, 0.1) is 5.69 Å². The van der Waals surface area contributed by atoms with Crippen molar-refractivity contribution in [2.75, 3.05) is 6.54 Å². The van der Waals surface area contributed by atoms with Gasteiger partial charge >= 0.3 is 0 Å². The van der Waals surface area contributed by atoms with Gasteiger partial charge in [-0.3, -0.25) is 9.48 Å². The first-order valence-electron chi connectivity index (χ1n) is 7.55. The summed E-state index contributed by atoms with van der Waals surface area (Å²) >= 11 is 0. The summed E-state index contributed by atoms with van der Waals surface area (Å²) in [6.07, 6.45) is 0.818. The van der Waals surface area contributed by atoms with Crippen LogP contribution in [0.3, 0.4) is 0 Å². The summed E-state index contributed by atoms with van der Waals surface area (Å²) in [6, 6.07) is 11.5. The van der Waals surface area contributed by atoms with Gasteiger partial charge in [-0.1, -0.05) is 30.3 Å². The van der Waals surface area contributed by atoms with Gasteiger partial charge in [0.25, 0.3) is 0 Å². The molecule has 1 heterocycles. The minimum Gasteiger partial charge on any atom is -0.354 e. The van der Waals surface area contributed by atoms with Crippen molar-refractivity contribution in [2.24, 2.45) is 5.73 Å². The lowest BCUT2D eigenvalue weighted by Gasteiger charge is -2.24. The van der Waals surface area contributed by atoms with E-state index in [1.165, 1.54) is 0 Å². The zero-order valence-corrected chi connectivity index (χ0v) is 14.7. The molecule has 0 saturated carbocycles. The van der Waals surface area contributed by atoms with E-state index >= 15 is 0 Å². The lowest BCUT2D eigenvalue weighted by atomic mass is 9.92. The smallest absolute Gasteiger partial charge is 0.244 e. The average Bonchev–Trinajstić information content (AvgIpc) is 2.82. The van der Waals surface area contributed by atoms with Crippen LogP contribution in [0.4, 0.5) is 0 Å². The molecule has 1 unspecified atom stereocenters. The molecular weight excluding hydrogens is 312 g/mol. The van der Waals surface area contributed by atoms with E-state index in [9.17, 15) is 4.79 Å². The highest BCUT2D eigenvalue weighted by atomic mass is 35.5. The van der Waals surface area contributed by atoms with Crippen molar-refractivity contribution in [2.45, 2.75) is 39.3 Å². The van der Waals surface area contributed by atoms with E-state index in [4.69, 9.17) is 5.73 Å². The summed E-state index contributed by atoms with van der Waals surface area (Å²) in [5.74, 6) is -0.160. The zero-order valence-electron chi connectivity index (χ0n) is 13.9. The zero-order chi connectivity index (χ0) is 16.2. The Balaban J connectivity index is 0.00000264. The van der Waals surface area contributed by atoms with Crippen molar-refractivity contribution in [1.82, 2.24) is 15.1 Å². The van der Waals surface area contributed by atoms with Crippen molar-refractivity contribution in [3.63, 3.8) is 0 Å². The van der Waals surface area contributed by atoms with Crippen molar-refractivity contribution >= 4 is 18.3 Å². The standard InChI is InChI=1S/C17H24N4O.ClH/c1-13-12-14(2)21(20-13)11-7-10-19-16(22)17(3,18)15-8-5-4-6-9-15;/h4-6,8-9,12H,7,10-11,18H2,1-3H3,(H,19,22);1H. The molecule has 126 valence electrons. The van der Waals surface area contributed by atoms with Crippen LogP contribution in [0, 0.1) is 13.8 Å². The van der Waals surface area contributed by atoms with Gasteiger partial charge in [-0.25, -0.2) is 0 Å². The molecule has 1 aromatic heterocycles. The van der Waals surface area contributed by atoms with E-state index in [1.807, 2.05) is 54.9 Å². The number of hydrogen-bond donors (Lipinski definition) is 2. The quantitative estimate of drug-likeness (QED) is 0.795. The summed E-state index contributed by atoms with van der Waals surface area (Å²) in [5.41, 5.74) is 8.12. The highest BCUT2D eigenvalue weighted by molar-refractivity contribution is 5.86. The van der Waals surface area contributed by atoms with Gasteiger partial charge in [0, 0.05) is 18.8 Å². The number of carbonyl (C=O) groups excluding carboxylic acids is 1. The van der Waals surface area contributed by atoms with E-state index in [0.29, 0.717) is 6.54 Å². The molecule has 0 aliphatic carbocycles. The molecule has 6 heteroatoms. The number of amides is 1. The van der Waals surface area contributed by atoms with E-state index in [2.05, 4.69) is 10.4 Å². The number of hydrogen-bond acceptors (Lipinski definition) is 3. The summed E-state index contributed by atoms with van der Waals surface area (Å²) in [4.78, 5) is 12.3. The molecule has 2 rings (SSSR count). The molecular formula is C17H25ClN4O. The number of nitrogens with zero attached hydrogens (tertiary/aromatic N) is 2. The van der Waals surface area contributed by atoms with Gasteiger partial charge in [0.2, 0.25) is 5.91 Å². The molecule has 23 heavy (non-hydrogen) atoms. The number of carbonyl (C=O) groups is 1. The third-order valence-electron chi connectivity index (χ3n) is 3.78. The van der Waals surface area contributed by atoms with Crippen LogP contribution in [0.15, 0.2) is 36.4 Å². The third kappa shape index (κ3) is 4.81. The van der Waals surface area contributed by atoms with Crippen LogP contribution in [-0.4, -0.2) is 22.2 Å². The molecule has 1 amide bonds. The second kappa shape index (κ2) is 8.13. The molecule has 5 nitrogen and oxygen atoms in total. The molecule has 0 bridgehead atoms. The van der Waals surface area contributed by atoms with Crippen LogP contribution in [0.2, 0.25) is 0 Å². The van der Waals surface area contributed by atoms with Gasteiger partial charge in [-0.2, -0.15) is 5.10 Å². The fourth-order valence-electron chi connectivity index (χ4n) is 2.43. The number of aromatic nitrogens is 2.